The van der Waals surface area contributed by atoms with E-state index in [4.69, 9.17) is 27.8 Å². The Morgan fingerprint density at radius 2 is 1.08 bits per heavy atom. The average molecular weight is 631 g/mol. The van der Waals surface area contributed by atoms with E-state index < -0.39 is 33.4 Å². The second-order valence-corrected chi connectivity index (χ2v) is 10.2. The molecule has 0 bridgehead atoms. The zero-order valence-electron chi connectivity index (χ0n) is 18.1. The van der Waals surface area contributed by atoms with E-state index in [0.29, 0.717) is 0 Å². The topological polar surface area (TPSA) is 54.4 Å². The minimum absolute atomic E-state index is 0.725. The molecule has 0 atom stereocenters. The molecule has 1 N–H and O–H groups in total. The van der Waals surface area contributed by atoms with Crippen LogP contribution in [0.15, 0.2) is 71.6 Å². The van der Waals surface area contributed by atoms with Gasteiger partial charge in [0.2, 0.25) is 0 Å². The van der Waals surface area contributed by atoms with Crippen molar-refractivity contribution in [3.8, 4) is 22.3 Å². The van der Waals surface area contributed by atoms with Crippen molar-refractivity contribution in [1.82, 2.24) is 0 Å². The Morgan fingerprint density at radius 3 is 1.47 bits per heavy atom. The van der Waals surface area contributed by atoms with Gasteiger partial charge in [-0.3, -0.25) is 4.55 Å². The van der Waals surface area contributed by atoms with Crippen LogP contribution in [0.3, 0.4) is 0 Å². The lowest BCUT2D eigenvalue weighted by atomic mass is 9.94. The zero-order valence-corrected chi connectivity index (χ0v) is 21.4. The molecule has 3 aromatic carbocycles. The standard InChI is InChI=1S/C18H12Cl2S.C4HF9O3S/c19-14-8-4-12(5-9-14)16-2-1-3-17(21)18(16)13-6-10-15(20)11-7-13;5-1(6,3(9,10)11)2(7,8)4(12,13)17(14,15)16/h1-11,21H;(H,14,15,16). The minimum Gasteiger partial charge on any atom is -0.281 e. The molecule has 0 aromatic heterocycles. The highest BCUT2D eigenvalue weighted by atomic mass is 35.5. The Kier molecular flexibility index (Phi) is 9.42. The van der Waals surface area contributed by atoms with E-state index in [1.54, 1.807) is 0 Å². The van der Waals surface area contributed by atoms with Crippen molar-refractivity contribution in [2.75, 3.05) is 0 Å². The van der Waals surface area contributed by atoms with E-state index in [2.05, 4.69) is 18.7 Å². The van der Waals surface area contributed by atoms with E-state index >= 15 is 0 Å². The van der Waals surface area contributed by atoms with Gasteiger partial charge in [0.1, 0.15) is 0 Å². The number of halogens is 11. The van der Waals surface area contributed by atoms with E-state index in [9.17, 15) is 47.9 Å². The fourth-order valence-corrected chi connectivity index (χ4v) is 3.89. The lowest BCUT2D eigenvalue weighted by Crippen LogP contribution is -2.63. The second kappa shape index (κ2) is 11.2. The molecule has 0 fully saturated rings. The predicted octanol–water partition coefficient (Wildman–Crippen LogP) is 8.92. The molecule has 0 unspecified atom stereocenters. The third-order valence-electron chi connectivity index (χ3n) is 4.77. The van der Waals surface area contributed by atoms with E-state index in [-0.39, 0.29) is 0 Å². The van der Waals surface area contributed by atoms with Gasteiger partial charge in [-0.25, -0.2) is 0 Å². The smallest absolute Gasteiger partial charge is 0.281 e. The van der Waals surface area contributed by atoms with Crippen LogP contribution in [0.2, 0.25) is 10.0 Å². The Labute approximate surface area is 225 Å². The molecule has 3 nitrogen and oxygen atoms in total. The van der Waals surface area contributed by atoms with Crippen LogP contribution in [0.4, 0.5) is 39.5 Å². The number of thiol groups is 1. The maximum Gasteiger partial charge on any atom is 0.460 e. The van der Waals surface area contributed by atoms with Crippen molar-refractivity contribution in [2.45, 2.75) is 28.2 Å². The maximum atomic E-state index is 12.2. The molecule has 38 heavy (non-hydrogen) atoms. The van der Waals surface area contributed by atoms with E-state index in [0.717, 1.165) is 37.2 Å². The fourth-order valence-electron chi connectivity index (χ4n) is 2.85. The Morgan fingerprint density at radius 1 is 0.658 bits per heavy atom. The second-order valence-electron chi connectivity index (χ2n) is 7.35. The van der Waals surface area contributed by atoms with Gasteiger partial charge < -0.3 is 0 Å². The Hall–Kier alpha value is -2.13. The van der Waals surface area contributed by atoms with Crippen molar-refractivity contribution in [3.63, 3.8) is 0 Å². The fraction of sp³-hybridized carbons (Fsp3) is 0.182. The largest absolute Gasteiger partial charge is 0.460 e. The van der Waals surface area contributed by atoms with Crippen LogP contribution < -0.4 is 0 Å². The molecule has 0 aliphatic carbocycles. The number of benzene rings is 3. The summed E-state index contributed by atoms with van der Waals surface area (Å²) in [4.78, 5) is 0.935. The maximum absolute atomic E-state index is 12.2. The first kappa shape index (κ1) is 32.1. The van der Waals surface area contributed by atoms with Gasteiger partial charge in [0, 0.05) is 20.5 Å². The molecule has 3 rings (SSSR count). The quantitative estimate of drug-likeness (QED) is 0.168. The molecular formula is C22H13Cl2F9O3S2. The van der Waals surface area contributed by atoms with Gasteiger partial charge in [-0.1, -0.05) is 59.6 Å². The van der Waals surface area contributed by atoms with Gasteiger partial charge in [0.05, 0.1) is 0 Å². The summed E-state index contributed by atoms with van der Waals surface area (Å²) in [5.41, 5.74) is 4.43. The average Bonchev–Trinajstić information content (AvgIpc) is 2.79. The number of hydrogen-bond acceptors (Lipinski definition) is 3. The summed E-state index contributed by atoms with van der Waals surface area (Å²) in [6.07, 6.45) is -7.13. The van der Waals surface area contributed by atoms with Crippen molar-refractivity contribution < 1.29 is 52.5 Å². The summed E-state index contributed by atoms with van der Waals surface area (Å²) in [5.74, 6) is -14.7. The monoisotopic (exact) mass is 630 g/mol. The zero-order chi connectivity index (χ0) is 29.3. The van der Waals surface area contributed by atoms with Crippen LogP contribution in [0.25, 0.3) is 22.3 Å². The van der Waals surface area contributed by atoms with E-state index in [1.807, 2.05) is 60.7 Å². The molecule has 0 saturated carbocycles. The van der Waals surface area contributed by atoms with Gasteiger partial charge in [-0.15, -0.1) is 12.6 Å². The first-order chi connectivity index (χ1) is 17.1. The van der Waals surface area contributed by atoms with Crippen molar-refractivity contribution in [1.29, 1.82) is 0 Å². The number of hydrogen-bond donors (Lipinski definition) is 2. The molecule has 0 heterocycles. The molecule has 0 aliphatic heterocycles. The van der Waals surface area contributed by atoms with Crippen molar-refractivity contribution >= 4 is 45.9 Å². The lowest BCUT2D eigenvalue weighted by molar-refractivity contribution is -0.382. The normalized spacial score (nSPS) is 13.1. The SMILES string of the molecule is O=S(=O)(O)C(F)(F)C(F)(F)C(F)(F)C(F)(F)F.Sc1cccc(-c2ccc(Cl)cc2)c1-c1ccc(Cl)cc1. The first-order valence-electron chi connectivity index (χ1n) is 9.66. The molecule has 0 spiro atoms. The van der Waals surface area contributed by atoms with Crippen LogP contribution in [0.1, 0.15) is 0 Å². The molecule has 0 saturated heterocycles. The number of rotatable bonds is 5. The summed E-state index contributed by atoms with van der Waals surface area (Å²) in [6.45, 7) is 0. The highest BCUT2D eigenvalue weighted by Crippen LogP contribution is 2.54. The van der Waals surface area contributed by atoms with Crippen LogP contribution in [-0.2, 0) is 10.1 Å². The van der Waals surface area contributed by atoms with Crippen molar-refractivity contribution in [3.05, 3.63) is 76.8 Å². The van der Waals surface area contributed by atoms with Crippen LogP contribution >= 0.6 is 35.8 Å². The summed E-state index contributed by atoms with van der Waals surface area (Å²) in [7, 11) is -7.17. The lowest BCUT2D eigenvalue weighted by Gasteiger charge is -2.31. The summed E-state index contributed by atoms with van der Waals surface area (Å²) in [5, 5.41) is -5.55. The molecule has 0 radical (unpaired) electrons. The first-order valence-corrected chi connectivity index (χ1v) is 12.3. The molecule has 208 valence electrons. The van der Waals surface area contributed by atoms with Gasteiger partial charge in [-0.05, 0) is 47.0 Å². The molecule has 16 heteroatoms. The van der Waals surface area contributed by atoms with Crippen LogP contribution in [0.5, 0.6) is 0 Å². The third kappa shape index (κ3) is 6.36. The van der Waals surface area contributed by atoms with Crippen LogP contribution in [0, 0.1) is 0 Å². The summed E-state index contributed by atoms with van der Waals surface area (Å²) in [6, 6.07) is 21.7. The van der Waals surface area contributed by atoms with Gasteiger partial charge in [0.15, 0.2) is 0 Å². The molecule has 0 amide bonds. The van der Waals surface area contributed by atoms with Gasteiger partial charge in [-0.2, -0.15) is 47.9 Å². The molecule has 3 aromatic rings. The predicted molar refractivity (Wildman–Crippen MR) is 127 cm³/mol. The molecule has 0 aliphatic rings. The minimum atomic E-state index is -7.37. The van der Waals surface area contributed by atoms with Gasteiger partial charge in [0.25, 0.3) is 0 Å². The van der Waals surface area contributed by atoms with Gasteiger partial charge >= 0.3 is 33.4 Å². The highest BCUT2D eigenvalue weighted by molar-refractivity contribution is 7.87. The Bertz CT molecular complexity index is 1380. The van der Waals surface area contributed by atoms with E-state index in [1.165, 1.54) is 0 Å². The third-order valence-corrected chi connectivity index (χ3v) is 6.55. The van der Waals surface area contributed by atoms with Crippen molar-refractivity contribution in [2.24, 2.45) is 0 Å². The molecular weight excluding hydrogens is 618 g/mol. The highest BCUT2D eigenvalue weighted by Gasteiger charge is 2.85. The van der Waals surface area contributed by atoms with Crippen LogP contribution in [-0.4, -0.2) is 36.2 Å². The number of alkyl halides is 9. The summed E-state index contributed by atoms with van der Waals surface area (Å²) >= 11 is 16.6. The summed E-state index contributed by atoms with van der Waals surface area (Å²) < 4.78 is 134. The Balaban J connectivity index is 0.000000275.